The Morgan fingerprint density at radius 3 is 2.65 bits per heavy atom. The Kier molecular flexibility index (Phi) is 6.79. The predicted octanol–water partition coefficient (Wildman–Crippen LogP) is 3.08. The molecule has 194 valence electrons. The highest BCUT2D eigenvalue weighted by Crippen LogP contribution is 2.26. The second kappa shape index (κ2) is 10.2. The smallest absolute Gasteiger partial charge is 0.387 e. The molecule has 2 aromatic carbocycles. The number of carboxylic acids is 1. The van der Waals surface area contributed by atoms with Crippen molar-refractivity contribution in [3.05, 3.63) is 70.1 Å². The standard InChI is InChI=1S/C26H27F2N5O4/c1-31-24(34)19-7-6-17(12-21(19)33(31)15-18-4-2-3-5-22(18)37-26(27)28)20-13-30-23(14-29-20)32-10-8-16(9-11-32)25(35)36/h2-7,12-14,16,23,26,30H,8-11,15H2,1H3,(H,35,36). The number of aliphatic imine (C=N–C) groups is 1. The van der Waals surface area contributed by atoms with E-state index in [1.54, 1.807) is 42.2 Å². The van der Waals surface area contributed by atoms with Gasteiger partial charge in [0.05, 0.1) is 29.1 Å². The first-order chi connectivity index (χ1) is 17.8. The molecule has 2 aliphatic heterocycles. The Labute approximate surface area is 211 Å². The molecule has 0 amide bonds. The number of carboxylic acid groups (broad SMARTS) is 1. The number of nitrogens with zero attached hydrogens (tertiary/aromatic N) is 4. The van der Waals surface area contributed by atoms with Crippen LogP contribution in [0.15, 0.2) is 58.5 Å². The molecule has 3 aromatic rings. The van der Waals surface area contributed by atoms with E-state index in [0.29, 0.717) is 48.1 Å². The fraction of sp³-hybridized carbons (Fsp3) is 0.346. The number of rotatable bonds is 7. The highest BCUT2D eigenvalue weighted by Gasteiger charge is 2.28. The Morgan fingerprint density at radius 2 is 1.97 bits per heavy atom. The minimum atomic E-state index is -2.95. The summed E-state index contributed by atoms with van der Waals surface area (Å²) >= 11 is 0. The number of carbonyl (C=O) groups is 1. The first-order valence-corrected chi connectivity index (χ1v) is 12.0. The van der Waals surface area contributed by atoms with Crippen LogP contribution < -0.4 is 15.6 Å². The number of ether oxygens (including phenoxy) is 1. The first-order valence-electron chi connectivity index (χ1n) is 12.0. The van der Waals surface area contributed by atoms with E-state index in [2.05, 4.69) is 19.9 Å². The first kappa shape index (κ1) is 24.7. The topological polar surface area (TPSA) is 101 Å². The Hall–Kier alpha value is -3.99. The summed E-state index contributed by atoms with van der Waals surface area (Å²) in [6, 6.07) is 11.9. The van der Waals surface area contributed by atoms with E-state index < -0.39 is 12.6 Å². The summed E-state index contributed by atoms with van der Waals surface area (Å²) < 4.78 is 33.6. The van der Waals surface area contributed by atoms with Gasteiger partial charge in [0.25, 0.3) is 5.56 Å². The molecule has 0 radical (unpaired) electrons. The molecule has 2 aliphatic rings. The monoisotopic (exact) mass is 511 g/mol. The van der Waals surface area contributed by atoms with Crippen LogP contribution in [-0.4, -0.2) is 57.4 Å². The molecule has 11 heteroatoms. The van der Waals surface area contributed by atoms with Crippen LogP contribution in [0.1, 0.15) is 24.0 Å². The lowest BCUT2D eigenvalue weighted by atomic mass is 9.97. The average Bonchev–Trinajstić information content (AvgIpc) is 3.14. The van der Waals surface area contributed by atoms with Crippen molar-refractivity contribution in [1.82, 2.24) is 19.6 Å². The molecular weight excluding hydrogens is 484 g/mol. The molecule has 9 nitrogen and oxygen atoms in total. The van der Waals surface area contributed by atoms with E-state index in [1.807, 2.05) is 18.3 Å². The second-order valence-corrected chi connectivity index (χ2v) is 9.17. The van der Waals surface area contributed by atoms with Crippen LogP contribution in [-0.2, 0) is 18.4 Å². The Bertz CT molecular complexity index is 1440. The number of alkyl halides is 2. The zero-order valence-corrected chi connectivity index (χ0v) is 20.2. The summed E-state index contributed by atoms with van der Waals surface area (Å²) in [6.07, 6.45) is 4.70. The normalized spacial score (nSPS) is 18.7. The molecule has 37 heavy (non-hydrogen) atoms. The quantitative estimate of drug-likeness (QED) is 0.506. The Balaban J connectivity index is 1.38. The van der Waals surface area contributed by atoms with Gasteiger partial charge in [0, 0.05) is 43.7 Å². The van der Waals surface area contributed by atoms with Gasteiger partial charge < -0.3 is 15.2 Å². The van der Waals surface area contributed by atoms with Crippen LogP contribution >= 0.6 is 0 Å². The molecular formula is C26H27F2N5O4. The molecule has 0 bridgehead atoms. The van der Waals surface area contributed by atoms with Gasteiger partial charge in [-0.3, -0.25) is 28.8 Å². The van der Waals surface area contributed by atoms with Crippen molar-refractivity contribution in [2.24, 2.45) is 18.0 Å². The highest BCUT2D eigenvalue weighted by molar-refractivity contribution is 5.86. The molecule has 5 rings (SSSR count). The molecule has 0 saturated carbocycles. The Morgan fingerprint density at radius 1 is 1.22 bits per heavy atom. The maximum absolute atomic E-state index is 12.9. The van der Waals surface area contributed by atoms with Crippen LogP contribution in [0.3, 0.4) is 0 Å². The molecule has 2 N–H and O–H groups in total. The maximum Gasteiger partial charge on any atom is 0.387 e. The lowest BCUT2D eigenvalue weighted by Gasteiger charge is -2.35. The van der Waals surface area contributed by atoms with Crippen LogP contribution in [0.2, 0.25) is 0 Å². The fourth-order valence-corrected chi connectivity index (χ4v) is 4.91. The lowest BCUT2D eigenvalue weighted by molar-refractivity contribution is -0.143. The van der Waals surface area contributed by atoms with Gasteiger partial charge in [0.1, 0.15) is 11.9 Å². The summed E-state index contributed by atoms with van der Waals surface area (Å²) in [5.74, 6) is -0.982. The highest BCUT2D eigenvalue weighted by atomic mass is 19.3. The summed E-state index contributed by atoms with van der Waals surface area (Å²) in [7, 11) is 1.64. The number of hydrogen-bond donors (Lipinski definition) is 2. The van der Waals surface area contributed by atoms with E-state index in [1.165, 1.54) is 10.7 Å². The van der Waals surface area contributed by atoms with Crippen molar-refractivity contribution in [2.45, 2.75) is 32.2 Å². The van der Waals surface area contributed by atoms with Gasteiger partial charge in [-0.2, -0.15) is 8.78 Å². The van der Waals surface area contributed by atoms with Crippen molar-refractivity contribution < 1.29 is 23.4 Å². The zero-order chi connectivity index (χ0) is 26.1. The van der Waals surface area contributed by atoms with Crippen molar-refractivity contribution >= 4 is 28.8 Å². The molecule has 1 fully saturated rings. The maximum atomic E-state index is 12.9. The van der Waals surface area contributed by atoms with Gasteiger partial charge in [-0.25, -0.2) is 0 Å². The predicted molar refractivity (Wildman–Crippen MR) is 135 cm³/mol. The SMILES string of the molecule is Cn1c(=O)c2ccc(C3=CNC(N4CCC(C(=O)O)CC4)C=N3)cc2n1Cc1ccccc1OC(F)F. The molecule has 1 saturated heterocycles. The number of benzene rings is 2. The van der Waals surface area contributed by atoms with Crippen molar-refractivity contribution in [3.63, 3.8) is 0 Å². The van der Waals surface area contributed by atoms with Crippen LogP contribution in [0.5, 0.6) is 5.75 Å². The average molecular weight is 512 g/mol. The van der Waals surface area contributed by atoms with Crippen molar-refractivity contribution in [3.8, 4) is 5.75 Å². The largest absolute Gasteiger partial charge is 0.481 e. The van der Waals surface area contributed by atoms with E-state index >= 15 is 0 Å². The lowest BCUT2D eigenvalue weighted by Crippen LogP contribution is -2.50. The molecule has 3 heterocycles. The van der Waals surface area contributed by atoms with Crippen molar-refractivity contribution in [1.29, 1.82) is 0 Å². The van der Waals surface area contributed by atoms with E-state index in [-0.39, 0.29) is 29.9 Å². The number of fused-ring (bicyclic) bond motifs is 1. The summed E-state index contributed by atoms with van der Waals surface area (Å²) in [6.45, 7) is -1.45. The molecule has 0 aliphatic carbocycles. The van der Waals surface area contributed by atoms with Gasteiger partial charge in [0.2, 0.25) is 0 Å². The van der Waals surface area contributed by atoms with Crippen molar-refractivity contribution in [2.75, 3.05) is 13.1 Å². The molecule has 0 spiro atoms. The number of aliphatic carboxylic acids is 1. The van der Waals surface area contributed by atoms with Gasteiger partial charge in [-0.1, -0.05) is 24.3 Å². The summed E-state index contributed by atoms with van der Waals surface area (Å²) in [5, 5.41) is 13.0. The number of aromatic nitrogens is 2. The molecule has 1 aromatic heterocycles. The molecule has 1 atom stereocenters. The third-order valence-corrected chi connectivity index (χ3v) is 6.98. The number of hydrogen-bond acceptors (Lipinski definition) is 6. The molecule has 1 unspecified atom stereocenters. The van der Waals surface area contributed by atoms with Crippen LogP contribution in [0, 0.1) is 5.92 Å². The van der Waals surface area contributed by atoms with E-state index in [4.69, 9.17) is 0 Å². The van der Waals surface area contributed by atoms with Gasteiger partial charge in [-0.15, -0.1) is 0 Å². The third kappa shape index (κ3) is 4.99. The van der Waals surface area contributed by atoms with Gasteiger partial charge >= 0.3 is 12.6 Å². The number of halogens is 2. The summed E-state index contributed by atoms with van der Waals surface area (Å²) in [5.41, 5.74) is 2.44. The zero-order valence-electron chi connectivity index (χ0n) is 20.2. The minimum absolute atomic E-state index is 0.0603. The summed E-state index contributed by atoms with van der Waals surface area (Å²) in [4.78, 5) is 30.9. The van der Waals surface area contributed by atoms with E-state index in [0.717, 1.165) is 5.56 Å². The number of piperidine rings is 1. The number of nitrogens with one attached hydrogen (secondary N) is 1. The number of para-hydroxylation sites is 1. The third-order valence-electron chi connectivity index (χ3n) is 6.98. The van der Waals surface area contributed by atoms with E-state index in [9.17, 15) is 23.5 Å². The second-order valence-electron chi connectivity index (χ2n) is 9.17. The van der Waals surface area contributed by atoms with Gasteiger partial charge in [-0.05, 0) is 31.0 Å². The van der Waals surface area contributed by atoms with Crippen LogP contribution in [0.4, 0.5) is 8.78 Å². The minimum Gasteiger partial charge on any atom is -0.481 e. The van der Waals surface area contributed by atoms with Gasteiger partial charge in [0.15, 0.2) is 0 Å². The fourth-order valence-electron chi connectivity index (χ4n) is 4.91. The van der Waals surface area contributed by atoms with Crippen LogP contribution in [0.25, 0.3) is 16.6 Å². The number of likely N-dealkylation sites (tertiary alicyclic amines) is 1.